The van der Waals surface area contributed by atoms with Crippen molar-refractivity contribution >= 4 is 6.03 Å². The third kappa shape index (κ3) is 6.18. The first-order valence-electron chi connectivity index (χ1n) is 8.19. The molecule has 2 rings (SSSR count). The monoisotopic (exact) mass is 337 g/mol. The summed E-state index contributed by atoms with van der Waals surface area (Å²) in [6.45, 7) is 5.73. The number of amides is 2. The topological polar surface area (TPSA) is 44.8 Å². The Labute approximate surface area is 135 Å². The number of ether oxygens (including phenoxy) is 1. The smallest absolute Gasteiger partial charge is 0.376 e. The van der Waals surface area contributed by atoms with Crippen LogP contribution in [0.1, 0.15) is 26.7 Å². The Balaban J connectivity index is 1.69. The summed E-state index contributed by atoms with van der Waals surface area (Å²) >= 11 is 0. The SMILES string of the molecule is CC(C)CO[C@H]1CCN(C(=O)N[C@@H]2CCN(CC(F)(F)F)C2)C1. The highest BCUT2D eigenvalue weighted by Gasteiger charge is 2.35. The van der Waals surface area contributed by atoms with E-state index in [9.17, 15) is 18.0 Å². The van der Waals surface area contributed by atoms with E-state index in [-0.39, 0.29) is 24.7 Å². The third-order valence-corrected chi connectivity index (χ3v) is 4.10. The zero-order valence-corrected chi connectivity index (χ0v) is 13.7. The lowest BCUT2D eigenvalue weighted by Gasteiger charge is -2.22. The largest absolute Gasteiger partial charge is 0.401 e. The molecule has 0 aromatic carbocycles. The summed E-state index contributed by atoms with van der Waals surface area (Å²) in [5.41, 5.74) is 0. The fourth-order valence-corrected chi connectivity index (χ4v) is 2.99. The number of carbonyl (C=O) groups excluding carboxylic acids is 1. The molecule has 2 saturated heterocycles. The highest BCUT2D eigenvalue weighted by Crippen LogP contribution is 2.20. The van der Waals surface area contributed by atoms with Gasteiger partial charge < -0.3 is 15.0 Å². The number of carbonyl (C=O) groups is 1. The van der Waals surface area contributed by atoms with Gasteiger partial charge >= 0.3 is 12.2 Å². The summed E-state index contributed by atoms with van der Waals surface area (Å²) in [5, 5.41) is 2.84. The Bertz CT molecular complexity index is 404. The van der Waals surface area contributed by atoms with E-state index in [2.05, 4.69) is 19.2 Å². The average molecular weight is 337 g/mol. The van der Waals surface area contributed by atoms with Crippen molar-refractivity contribution in [3.05, 3.63) is 0 Å². The highest BCUT2D eigenvalue weighted by atomic mass is 19.4. The maximum absolute atomic E-state index is 12.4. The molecular formula is C15H26F3N3O2. The Morgan fingerprint density at radius 3 is 2.65 bits per heavy atom. The van der Waals surface area contributed by atoms with Gasteiger partial charge in [-0.2, -0.15) is 13.2 Å². The van der Waals surface area contributed by atoms with E-state index in [0.717, 1.165) is 6.42 Å². The van der Waals surface area contributed by atoms with Crippen molar-refractivity contribution in [2.75, 3.05) is 39.3 Å². The minimum atomic E-state index is -4.19. The van der Waals surface area contributed by atoms with Crippen LogP contribution in [0.5, 0.6) is 0 Å². The van der Waals surface area contributed by atoms with Crippen LogP contribution in [0.15, 0.2) is 0 Å². The van der Waals surface area contributed by atoms with Gasteiger partial charge in [0.25, 0.3) is 0 Å². The van der Waals surface area contributed by atoms with Gasteiger partial charge in [0.15, 0.2) is 0 Å². The molecule has 0 aliphatic carbocycles. The van der Waals surface area contributed by atoms with Gasteiger partial charge in [-0.1, -0.05) is 13.8 Å². The molecule has 0 saturated carbocycles. The summed E-state index contributed by atoms with van der Waals surface area (Å²) in [6.07, 6.45) is -2.75. The van der Waals surface area contributed by atoms with Gasteiger partial charge in [0.2, 0.25) is 0 Å². The van der Waals surface area contributed by atoms with Gasteiger partial charge in [-0.15, -0.1) is 0 Å². The van der Waals surface area contributed by atoms with Crippen molar-refractivity contribution in [2.24, 2.45) is 5.92 Å². The molecular weight excluding hydrogens is 311 g/mol. The van der Waals surface area contributed by atoms with Crippen molar-refractivity contribution < 1.29 is 22.7 Å². The number of hydrogen-bond donors (Lipinski definition) is 1. The lowest BCUT2D eigenvalue weighted by atomic mass is 10.2. The number of alkyl halides is 3. The number of nitrogens with one attached hydrogen (secondary N) is 1. The fourth-order valence-electron chi connectivity index (χ4n) is 2.99. The molecule has 0 spiro atoms. The predicted octanol–water partition coefficient (Wildman–Crippen LogP) is 2.08. The summed E-state index contributed by atoms with van der Waals surface area (Å²) in [6, 6.07) is -0.403. The second-order valence-corrected chi connectivity index (χ2v) is 6.87. The number of rotatable bonds is 5. The molecule has 2 amide bonds. The van der Waals surface area contributed by atoms with E-state index in [0.29, 0.717) is 38.6 Å². The molecule has 8 heteroatoms. The molecule has 2 heterocycles. The number of likely N-dealkylation sites (tertiary alicyclic amines) is 2. The van der Waals surface area contributed by atoms with Crippen molar-refractivity contribution in [3.8, 4) is 0 Å². The molecule has 2 aliphatic heterocycles. The summed E-state index contributed by atoms with van der Waals surface area (Å²) < 4.78 is 42.8. The van der Waals surface area contributed by atoms with Crippen molar-refractivity contribution in [1.29, 1.82) is 0 Å². The number of hydrogen-bond acceptors (Lipinski definition) is 3. The minimum Gasteiger partial charge on any atom is -0.376 e. The van der Waals surface area contributed by atoms with E-state index < -0.39 is 12.7 Å². The standard InChI is InChI=1S/C15H26F3N3O2/c1-11(2)9-23-13-4-6-21(8-13)14(22)19-12-3-5-20(7-12)10-15(16,17)18/h11-13H,3-10H2,1-2H3,(H,19,22)/t12-,13+/m1/s1. The van der Waals surface area contributed by atoms with Gasteiger partial charge in [0.1, 0.15) is 0 Å². The molecule has 1 N–H and O–H groups in total. The fraction of sp³-hybridized carbons (Fsp3) is 0.933. The lowest BCUT2D eigenvalue weighted by Crippen LogP contribution is -2.45. The third-order valence-electron chi connectivity index (χ3n) is 4.10. The maximum atomic E-state index is 12.4. The van der Waals surface area contributed by atoms with E-state index in [4.69, 9.17) is 4.74 Å². The Kier molecular flexibility index (Phi) is 6.13. The Hall–Kier alpha value is -1.02. The van der Waals surface area contributed by atoms with Crippen molar-refractivity contribution in [1.82, 2.24) is 15.1 Å². The molecule has 2 aliphatic rings. The average Bonchev–Trinajstić information content (AvgIpc) is 3.04. The van der Waals surface area contributed by atoms with E-state index in [1.54, 1.807) is 4.90 Å². The second kappa shape index (κ2) is 7.70. The van der Waals surface area contributed by atoms with Gasteiger partial charge in [-0.05, 0) is 18.8 Å². The number of nitrogens with zero attached hydrogens (tertiary/aromatic N) is 2. The first-order chi connectivity index (χ1) is 10.7. The summed E-state index contributed by atoms with van der Waals surface area (Å²) in [4.78, 5) is 15.2. The molecule has 0 unspecified atom stereocenters. The predicted molar refractivity (Wildman–Crippen MR) is 80.2 cm³/mol. The zero-order valence-electron chi connectivity index (χ0n) is 13.7. The van der Waals surface area contributed by atoms with Gasteiger partial charge in [-0.25, -0.2) is 4.79 Å². The van der Waals surface area contributed by atoms with Crippen LogP contribution in [0.2, 0.25) is 0 Å². The molecule has 0 aromatic rings. The normalized spacial score (nSPS) is 26.3. The molecule has 0 radical (unpaired) electrons. The van der Waals surface area contributed by atoms with Crippen LogP contribution >= 0.6 is 0 Å². The molecule has 5 nitrogen and oxygen atoms in total. The van der Waals surface area contributed by atoms with Crippen LogP contribution < -0.4 is 5.32 Å². The molecule has 2 atom stereocenters. The lowest BCUT2D eigenvalue weighted by molar-refractivity contribution is -0.143. The van der Waals surface area contributed by atoms with Crippen LogP contribution in [-0.2, 0) is 4.74 Å². The Morgan fingerprint density at radius 2 is 2.00 bits per heavy atom. The number of halogens is 3. The van der Waals surface area contributed by atoms with E-state index in [1.165, 1.54) is 4.90 Å². The van der Waals surface area contributed by atoms with Gasteiger partial charge in [0, 0.05) is 38.8 Å². The summed E-state index contributed by atoms with van der Waals surface area (Å²) in [5.74, 6) is 0.455. The molecule has 134 valence electrons. The quantitative estimate of drug-likeness (QED) is 0.835. The highest BCUT2D eigenvalue weighted by molar-refractivity contribution is 5.75. The summed E-state index contributed by atoms with van der Waals surface area (Å²) in [7, 11) is 0. The van der Waals surface area contributed by atoms with Crippen LogP contribution in [0.4, 0.5) is 18.0 Å². The zero-order chi connectivity index (χ0) is 17.0. The van der Waals surface area contributed by atoms with E-state index in [1.807, 2.05) is 0 Å². The van der Waals surface area contributed by atoms with Crippen LogP contribution in [0.3, 0.4) is 0 Å². The van der Waals surface area contributed by atoms with Gasteiger partial charge in [-0.3, -0.25) is 4.90 Å². The van der Waals surface area contributed by atoms with Gasteiger partial charge in [0.05, 0.1) is 12.6 Å². The first kappa shape index (κ1) is 18.3. The molecule has 0 aromatic heterocycles. The van der Waals surface area contributed by atoms with Crippen molar-refractivity contribution in [2.45, 2.75) is 45.0 Å². The molecule has 0 bridgehead atoms. The molecule has 23 heavy (non-hydrogen) atoms. The maximum Gasteiger partial charge on any atom is 0.401 e. The first-order valence-corrected chi connectivity index (χ1v) is 8.19. The molecule has 2 fully saturated rings. The second-order valence-electron chi connectivity index (χ2n) is 6.87. The Morgan fingerprint density at radius 1 is 1.26 bits per heavy atom. The van der Waals surface area contributed by atoms with Crippen molar-refractivity contribution in [3.63, 3.8) is 0 Å². The van der Waals surface area contributed by atoms with Crippen LogP contribution in [0, 0.1) is 5.92 Å². The number of urea groups is 1. The van der Waals surface area contributed by atoms with Crippen LogP contribution in [-0.4, -0.2) is 73.5 Å². The van der Waals surface area contributed by atoms with Crippen LogP contribution in [0.25, 0.3) is 0 Å². The minimum absolute atomic E-state index is 0.0634. The van der Waals surface area contributed by atoms with E-state index >= 15 is 0 Å².